The molecular formula is C9H15FN2O. The van der Waals surface area contributed by atoms with E-state index in [0.717, 1.165) is 19.4 Å². The minimum Gasteiger partial charge on any atom is -0.350 e. The lowest BCUT2D eigenvalue weighted by Gasteiger charge is -2.27. The van der Waals surface area contributed by atoms with Crippen LogP contribution in [0, 0.1) is 5.92 Å². The molecule has 1 aliphatic heterocycles. The lowest BCUT2D eigenvalue weighted by atomic mass is 10.0. The van der Waals surface area contributed by atoms with E-state index in [-0.39, 0.29) is 17.9 Å². The molecule has 0 aromatic heterocycles. The van der Waals surface area contributed by atoms with E-state index in [0.29, 0.717) is 13.0 Å². The van der Waals surface area contributed by atoms with Crippen LogP contribution in [0.1, 0.15) is 19.3 Å². The number of carbonyl (C=O) groups is 1. The maximum Gasteiger partial charge on any atom is 0.223 e. The van der Waals surface area contributed by atoms with Gasteiger partial charge in [-0.3, -0.25) is 4.79 Å². The molecule has 1 aliphatic carbocycles. The minimum atomic E-state index is -0.920. The molecule has 1 saturated heterocycles. The van der Waals surface area contributed by atoms with Gasteiger partial charge in [0.25, 0.3) is 0 Å². The van der Waals surface area contributed by atoms with Crippen LogP contribution >= 0.6 is 0 Å². The van der Waals surface area contributed by atoms with Crippen molar-refractivity contribution in [2.45, 2.75) is 31.5 Å². The molecule has 13 heavy (non-hydrogen) atoms. The first-order chi connectivity index (χ1) is 6.27. The Kier molecular flexibility index (Phi) is 2.49. The fraction of sp³-hybridized carbons (Fsp3) is 0.889. The maximum absolute atomic E-state index is 13.2. The summed E-state index contributed by atoms with van der Waals surface area (Å²) in [6.45, 7) is 1.17. The number of piperidine rings is 1. The maximum atomic E-state index is 13.2. The zero-order chi connectivity index (χ0) is 9.26. The fourth-order valence-corrected chi connectivity index (χ4v) is 1.63. The average Bonchev–Trinajstić information content (AvgIpc) is 2.91. The van der Waals surface area contributed by atoms with E-state index in [1.807, 2.05) is 0 Å². The third-order valence-corrected chi connectivity index (χ3v) is 2.68. The molecule has 1 saturated carbocycles. The van der Waals surface area contributed by atoms with Crippen LogP contribution in [0.25, 0.3) is 0 Å². The molecule has 4 heteroatoms. The molecule has 1 heterocycles. The standard InChI is InChI=1S/C9H15FN2O/c10-7-5-11-4-3-8(7)12-9(13)6-1-2-6/h6-8,11H,1-5H2,(H,12,13). The Labute approximate surface area is 77.1 Å². The van der Waals surface area contributed by atoms with Crippen LogP contribution in [-0.4, -0.2) is 31.2 Å². The van der Waals surface area contributed by atoms with Gasteiger partial charge in [0.15, 0.2) is 0 Å². The summed E-state index contributed by atoms with van der Waals surface area (Å²) >= 11 is 0. The van der Waals surface area contributed by atoms with Gasteiger partial charge in [-0.15, -0.1) is 0 Å². The number of amides is 1. The zero-order valence-corrected chi connectivity index (χ0v) is 7.55. The Bertz CT molecular complexity index is 206. The van der Waals surface area contributed by atoms with Crippen LogP contribution in [0.15, 0.2) is 0 Å². The van der Waals surface area contributed by atoms with E-state index >= 15 is 0 Å². The van der Waals surface area contributed by atoms with Crippen LogP contribution in [0.5, 0.6) is 0 Å². The highest BCUT2D eigenvalue weighted by atomic mass is 19.1. The predicted octanol–water partition coefficient (Wildman–Crippen LogP) is 0.213. The van der Waals surface area contributed by atoms with Crippen molar-refractivity contribution in [2.24, 2.45) is 5.92 Å². The second kappa shape index (κ2) is 3.62. The summed E-state index contributed by atoms with van der Waals surface area (Å²) in [6, 6.07) is -0.255. The molecule has 74 valence electrons. The molecule has 0 spiro atoms. The zero-order valence-electron chi connectivity index (χ0n) is 7.55. The third-order valence-electron chi connectivity index (χ3n) is 2.68. The third kappa shape index (κ3) is 2.18. The Morgan fingerprint density at radius 3 is 2.77 bits per heavy atom. The lowest BCUT2D eigenvalue weighted by Crippen LogP contribution is -2.51. The summed E-state index contributed by atoms with van der Waals surface area (Å²) < 4.78 is 13.2. The fourth-order valence-electron chi connectivity index (χ4n) is 1.63. The Hall–Kier alpha value is -0.640. The SMILES string of the molecule is O=C(NC1CCNCC1F)C1CC1. The molecule has 0 bridgehead atoms. The molecule has 0 aromatic rings. The summed E-state index contributed by atoms with van der Waals surface area (Å²) in [5, 5.41) is 5.73. The van der Waals surface area contributed by atoms with E-state index in [4.69, 9.17) is 0 Å². The van der Waals surface area contributed by atoms with E-state index in [1.165, 1.54) is 0 Å². The topological polar surface area (TPSA) is 41.1 Å². The van der Waals surface area contributed by atoms with Crippen molar-refractivity contribution in [3.8, 4) is 0 Å². The second-order valence-electron chi connectivity index (χ2n) is 3.90. The number of hydrogen-bond acceptors (Lipinski definition) is 2. The molecule has 2 rings (SSSR count). The van der Waals surface area contributed by atoms with Crippen LogP contribution < -0.4 is 10.6 Å². The smallest absolute Gasteiger partial charge is 0.223 e. The second-order valence-corrected chi connectivity index (χ2v) is 3.90. The van der Waals surface area contributed by atoms with E-state index in [2.05, 4.69) is 10.6 Å². The highest BCUT2D eigenvalue weighted by Crippen LogP contribution is 2.29. The highest BCUT2D eigenvalue weighted by molar-refractivity contribution is 5.81. The first-order valence-corrected chi connectivity index (χ1v) is 4.92. The average molecular weight is 186 g/mol. The summed E-state index contributed by atoms with van der Waals surface area (Å²) in [5.41, 5.74) is 0. The molecular weight excluding hydrogens is 171 g/mol. The molecule has 2 fully saturated rings. The summed E-state index contributed by atoms with van der Waals surface area (Å²) in [7, 11) is 0. The van der Waals surface area contributed by atoms with Crippen molar-refractivity contribution in [1.82, 2.24) is 10.6 Å². The molecule has 2 N–H and O–H groups in total. The van der Waals surface area contributed by atoms with Crippen LogP contribution in [0.2, 0.25) is 0 Å². The van der Waals surface area contributed by atoms with Gasteiger partial charge in [-0.05, 0) is 25.8 Å². The van der Waals surface area contributed by atoms with Crippen molar-refractivity contribution >= 4 is 5.91 Å². The summed E-state index contributed by atoms with van der Waals surface area (Å²) in [6.07, 6.45) is 1.75. The largest absolute Gasteiger partial charge is 0.350 e. The summed E-state index contributed by atoms with van der Waals surface area (Å²) in [4.78, 5) is 11.3. The van der Waals surface area contributed by atoms with Gasteiger partial charge in [0.05, 0.1) is 6.04 Å². The van der Waals surface area contributed by atoms with Crippen LogP contribution in [-0.2, 0) is 4.79 Å². The lowest BCUT2D eigenvalue weighted by molar-refractivity contribution is -0.123. The number of nitrogens with one attached hydrogen (secondary N) is 2. The van der Waals surface area contributed by atoms with Gasteiger partial charge in [0.2, 0.25) is 5.91 Å². The monoisotopic (exact) mass is 186 g/mol. The van der Waals surface area contributed by atoms with E-state index in [9.17, 15) is 9.18 Å². The van der Waals surface area contributed by atoms with Crippen molar-refractivity contribution < 1.29 is 9.18 Å². The Morgan fingerprint density at radius 1 is 1.38 bits per heavy atom. The van der Waals surface area contributed by atoms with Gasteiger partial charge in [-0.1, -0.05) is 0 Å². The number of alkyl halides is 1. The predicted molar refractivity (Wildman–Crippen MR) is 47.0 cm³/mol. The normalized spacial score (nSPS) is 34.2. The molecule has 0 radical (unpaired) electrons. The highest BCUT2D eigenvalue weighted by Gasteiger charge is 2.33. The first kappa shape index (κ1) is 8.94. The van der Waals surface area contributed by atoms with Crippen LogP contribution in [0.4, 0.5) is 4.39 Å². The Morgan fingerprint density at radius 2 is 2.15 bits per heavy atom. The van der Waals surface area contributed by atoms with Gasteiger partial charge in [-0.25, -0.2) is 4.39 Å². The quantitative estimate of drug-likeness (QED) is 0.647. The van der Waals surface area contributed by atoms with E-state index in [1.54, 1.807) is 0 Å². The number of halogens is 1. The molecule has 2 atom stereocenters. The Balaban J connectivity index is 1.81. The molecule has 0 aromatic carbocycles. The number of hydrogen-bond donors (Lipinski definition) is 2. The number of carbonyl (C=O) groups excluding carboxylic acids is 1. The number of rotatable bonds is 2. The molecule has 3 nitrogen and oxygen atoms in total. The van der Waals surface area contributed by atoms with Gasteiger partial charge in [0.1, 0.15) is 6.17 Å². The first-order valence-electron chi connectivity index (χ1n) is 4.92. The van der Waals surface area contributed by atoms with E-state index < -0.39 is 6.17 Å². The summed E-state index contributed by atoms with van der Waals surface area (Å²) in [5.74, 6) is 0.233. The van der Waals surface area contributed by atoms with Crippen molar-refractivity contribution in [1.29, 1.82) is 0 Å². The van der Waals surface area contributed by atoms with Gasteiger partial charge < -0.3 is 10.6 Å². The van der Waals surface area contributed by atoms with Crippen molar-refractivity contribution in [2.75, 3.05) is 13.1 Å². The van der Waals surface area contributed by atoms with Gasteiger partial charge in [-0.2, -0.15) is 0 Å². The minimum absolute atomic E-state index is 0.0505. The van der Waals surface area contributed by atoms with Gasteiger partial charge in [0, 0.05) is 12.5 Å². The molecule has 1 amide bonds. The van der Waals surface area contributed by atoms with Crippen LogP contribution in [0.3, 0.4) is 0 Å². The van der Waals surface area contributed by atoms with Crippen molar-refractivity contribution in [3.63, 3.8) is 0 Å². The molecule has 2 aliphatic rings. The van der Waals surface area contributed by atoms with Crippen molar-refractivity contribution in [3.05, 3.63) is 0 Å². The van der Waals surface area contributed by atoms with Gasteiger partial charge >= 0.3 is 0 Å². The molecule has 2 unspecified atom stereocenters.